The predicted octanol–water partition coefficient (Wildman–Crippen LogP) is 1.11. The lowest BCUT2D eigenvalue weighted by Gasteiger charge is -2.37. The lowest BCUT2D eigenvalue weighted by molar-refractivity contribution is -0.140. The van der Waals surface area contributed by atoms with Crippen molar-refractivity contribution < 1.29 is 19.1 Å². The molecule has 154 valence electrons. The van der Waals surface area contributed by atoms with Crippen molar-refractivity contribution in [1.82, 2.24) is 15.5 Å². The monoisotopic (exact) mass is 401 g/mol. The Bertz CT molecular complexity index is 522. The number of nitrogens with one attached hydrogen (secondary N) is 2. The third kappa shape index (κ3) is 5.00. The molecule has 3 aliphatic rings. The van der Waals surface area contributed by atoms with Gasteiger partial charge in [0.2, 0.25) is 17.7 Å². The zero-order valence-corrected chi connectivity index (χ0v) is 16.9. The number of methoxy groups -OCH3 is 1. The minimum Gasteiger partial charge on any atom is -0.384 e. The van der Waals surface area contributed by atoms with E-state index in [1.165, 1.54) is 4.90 Å². The van der Waals surface area contributed by atoms with Gasteiger partial charge in [-0.15, -0.1) is 12.4 Å². The highest BCUT2D eigenvalue weighted by molar-refractivity contribution is 6.05. The Balaban J connectivity index is 0.00000261. The summed E-state index contributed by atoms with van der Waals surface area (Å²) in [5.74, 6) is -0.518. The molecule has 8 heteroatoms. The first-order valence-electron chi connectivity index (χ1n) is 9.88. The molecule has 3 rings (SSSR count). The molecule has 2 atom stereocenters. The van der Waals surface area contributed by atoms with Crippen molar-refractivity contribution in [3.63, 3.8) is 0 Å². The normalized spacial score (nSPS) is 27.1. The van der Waals surface area contributed by atoms with E-state index in [-0.39, 0.29) is 60.3 Å². The van der Waals surface area contributed by atoms with E-state index in [9.17, 15) is 14.4 Å². The Kier molecular flexibility index (Phi) is 8.06. The fraction of sp³-hybridized carbons (Fsp3) is 0.842. The van der Waals surface area contributed by atoms with Gasteiger partial charge in [-0.25, -0.2) is 0 Å². The summed E-state index contributed by atoms with van der Waals surface area (Å²) in [6, 6.07) is 0. The first kappa shape index (κ1) is 22.1. The molecular formula is C19H32ClN3O4. The molecule has 0 aromatic heterocycles. The maximum absolute atomic E-state index is 12.5. The van der Waals surface area contributed by atoms with E-state index in [1.807, 2.05) is 0 Å². The largest absolute Gasteiger partial charge is 0.384 e. The summed E-state index contributed by atoms with van der Waals surface area (Å²) in [5.41, 5.74) is -0.0239. The van der Waals surface area contributed by atoms with Crippen molar-refractivity contribution in [3.8, 4) is 0 Å². The Morgan fingerprint density at radius 3 is 2.33 bits per heavy atom. The third-order valence-electron chi connectivity index (χ3n) is 6.27. The van der Waals surface area contributed by atoms with Crippen molar-refractivity contribution in [2.45, 2.75) is 44.9 Å². The number of hydrogen-bond acceptors (Lipinski definition) is 5. The molecular weight excluding hydrogens is 370 g/mol. The van der Waals surface area contributed by atoms with Gasteiger partial charge >= 0.3 is 0 Å². The number of imide groups is 1. The van der Waals surface area contributed by atoms with Crippen LogP contribution in [0.1, 0.15) is 44.9 Å². The molecule has 1 aliphatic carbocycles. The molecule has 2 aliphatic heterocycles. The molecule has 1 saturated carbocycles. The van der Waals surface area contributed by atoms with Crippen LogP contribution in [-0.4, -0.2) is 62.5 Å². The van der Waals surface area contributed by atoms with Crippen LogP contribution in [0.2, 0.25) is 0 Å². The third-order valence-corrected chi connectivity index (χ3v) is 6.27. The molecule has 3 fully saturated rings. The van der Waals surface area contributed by atoms with Gasteiger partial charge in [0.25, 0.3) is 0 Å². The number of hydrogen-bond donors (Lipinski definition) is 2. The van der Waals surface area contributed by atoms with Crippen molar-refractivity contribution in [3.05, 3.63) is 0 Å². The van der Waals surface area contributed by atoms with Crippen LogP contribution in [0.3, 0.4) is 0 Å². The Hall–Kier alpha value is -1.18. The maximum Gasteiger partial charge on any atom is 0.233 e. The highest BCUT2D eigenvalue weighted by atomic mass is 35.5. The Morgan fingerprint density at radius 1 is 1.19 bits per heavy atom. The van der Waals surface area contributed by atoms with Gasteiger partial charge in [-0.1, -0.05) is 12.8 Å². The lowest BCUT2D eigenvalue weighted by Crippen LogP contribution is -2.47. The first-order chi connectivity index (χ1) is 12.6. The second-order valence-electron chi connectivity index (χ2n) is 8.04. The van der Waals surface area contributed by atoms with E-state index >= 15 is 0 Å². The van der Waals surface area contributed by atoms with Gasteiger partial charge in [0.05, 0.1) is 18.4 Å². The standard InChI is InChI=1S/C19H31N3O4.ClH/c1-26-13-19(7-9-20-10-8-19)12-21-16(23)6-11-22-17(24)14-4-2-3-5-15(14)18(22)25;/h14-15,20H,2-13H2,1H3,(H,21,23);1H. The number of ether oxygens (including phenoxy) is 1. The molecule has 2 N–H and O–H groups in total. The summed E-state index contributed by atoms with van der Waals surface area (Å²) in [5, 5.41) is 6.33. The molecule has 2 unspecified atom stereocenters. The highest BCUT2D eigenvalue weighted by Gasteiger charge is 2.47. The van der Waals surface area contributed by atoms with Crippen molar-refractivity contribution >= 4 is 30.1 Å². The van der Waals surface area contributed by atoms with Gasteiger partial charge in [-0.05, 0) is 38.8 Å². The van der Waals surface area contributed by atoms with E-state index < -0.39 is 0 Å². The number of nitrogens with zero attached hydrogens (tertiary/aromatic N) is 1. The number of carbonyl (C=O) groups is 3. The lowest BCUT2D eigenvalue weighted by atomic mass is 9.79. The second-order valence-corrected chi connectivity index (χ2v) is 8.04. The number of fused-ring (bicyclic) bond motifs is 1. The maximum atomic E-state index is 12.5. The quantitative estimate of drug-likeness (QED) is 0.624. The van der Waals surface area contributed by atoms with Gasteiger partial charge in [0.15, 0.2) is 0 Å². The van der Waals surface area contributed by atoms with Gasteiger partial charge in [-0.2, -0.15) is 0 Å². The molecule has 0 aromatic rings. The van der Waals surface area contributed by atoms with Crippen LogP contribution in [0.25, 0.3) is 0 Å². The number of likely N-dealkylation sites (tertiary alicyclic amines) is 1. The van der Waals surface area contributed by atoms with E-state index in [2.05, 4.69) is 10.6 Å². The van der Waals surface area contributed by atoms with Gasteiger partial charge in [0.1, 0.15) is 0 Å². The van der Waals surface area contributed by atoms with Gasteiger partial charge < -0.3 is 15.4 Å². The summed E-state index contributed by atoms with van der Waals surface area (Å²) in [4.78, 5) is 38.5. The van der Waals surface area contributed by atoms with Crippen LogP contribution >= 0.6 is 12.4 Å². The molecule has 2 saturated heterocycles. The number of halogens is 1. The summed E-state index contributed by atoms with van der Waals surface area (Å²) in [6.45, 7) is 3.27. The summed E-state index contributed by atoms with van der Waals surface area (Å²) >= 11 is 0. The number of amides is 3. The summed E-state index contributed by atoms with van der Waals surface area (Å²) < 4.78 is 5.36. The van der Waals surface area contributed by atoms with Crippen LogP contribution < -0.4 is 10.6 Å². The van der Waals surface area contributed by atoms with Crippen LogP contribution in [0, 0.1) is 17.3 Å². The van der Waals surface area contributed by atoms with Crippen molar-refractivity contribution in [1.29, 1.82) is 0 Å². The average Bonchev–Trinajstić information content (AvgIpc) is 2.90. The Morgan fingerprint density at radius 2 is 1.78 bits per heavy atom. The number of carbonyl (C=O) groups excluding carboxylic acids is 3. The minimum atomic E-state index is -0.140. The number of piperidine rings is 1. The fourth-order valence-electron chi connectivity index (χ4n) is 4.67. The molecule has 0 radical (unpaired) electrons. The first-order valence-corrected chi connectivity index (χ1v) is 9.88. The second kappa shape index (κ2) is 9.85. The van der Waals surface area contributed by atoms with E-state index in [4.69, 9.17) is 4.74 Å². The van der Waals surface area contributed by atoms with E-state index in [1.54, 1.807) is 7.11 Å². The van der Waals surface area contributed by atoms with Crippen LogP contribution in [-0.2, 0) is 19.1 Å². The van der Waals surface area contributed by atoms with E-state index in [0.717, 1.165) is 51.6 Å². The number of rotatable bonds is 7. The topological polar surface area (TPSA) is 87.7 Å². The van der Waals surface area contributed by atoms with Gasteiger partial charge in [-0.3, -0.25) is 19.3 Å². The minimum absolute atomic E-state index is 0. The molecule has 0 bridgehead atoms. The van der Waals surface area contributed by atoms with Crippen LogP contribution in [0.15, 0.2) is 0 Å². The molecule has 3 amide bonds. The zero-order chi connectivity index (χ0) is 18.6. The highest BCUT2D eigenvalue weighted by Crippen LogP contribution is 2.38. The summed E-state index contributed by atoms with van der Waals surface area (Å²) in [6.07, 6.45) is 5.77. The SMILES string of the molecule is COCC1(CNC(=O)CCN2C(=O)C3CCCCC3C2=O)CCNCC1.Cl. The Labute approximate surface area is 167 Å². The predicted molar refractivity (Wildman–Crippen MR) is 103 cm³/mol. The molecule has 2 heterocycles. The van der Waals surface area contributed by atoms with Gasteiger partial charge in [0, 0.05) is 32.0 Å². The molecule has 27 heavy (non-hydrogen) atoms. The van der Waals surface area contributed by atoms with Crippen LogP contribution in [0.5, 0.6) is 0 Å². The molecule has 0 aromatic carbocycles. The average molecular weight is 402 g/mol. The smallest absolute Gasteiger partial charge is 0.233 e. The molecule has 7 nitrogen and oxygen atoms in total. The molecule has 0 spiro atoms. The van der Waals surface area contributed by atoms with Crippen molar-refractivity contribution in [2.24, 2.45) is 17.3 Å². The summed E-state index contributed by atoms with van der Waals surface area (Å²) in [7, 11) is 1.69. The van der Waals surface area contributed by atoms with Crippen molar-refractivity contribution in [2.75, 3.05) is 39.9 Å². The fourth-order valence-corrected chi connectivity index (χ4v) is 4.67. The van der Waals surface area contributed by atoms with E-state index in [0.29, 0.717) is 13.2 Å². The zero-order valence-electron chi connectivity index (χ0n) is 16.1. The van der Waals surface area contributed by atoms with Crippen LogP contribution in [0.4, 0.5) is 0 Å².